The van der Waals surface area contributed by atoms with Crippen LogP contribution in [-0.4, -0.2) is 20.6 Å². The van der Waals surface area contributed by atoms with Crippen LogP contribution in [0.25, 0.3) is 0 Å². The number of carbonyl (C=O) groups is 1. The van der Waals surface area contributed by atoms with Crippen LogP contribution in [0.3, 0.4) is 0 Å². The number of carboxylic acids is 1. The van der Waals surface area contributed by atoms with Gasteiger partial charge >= 0.3 is 5.97 Å². The first-order valence-electron chi connectivity index (χ1n) is 4.71. The zero-order chi connectivity index (χ0) is 10.1. The van der Waals surface area contributed by atoms with E-state index in [4.69, 9.17) is 17.3 Å². The summed E-state index contributed by atoms with van der Waals surface area (Å²) in [5, 5.41) is 8.59. The first kappa shape index (κ1) is 9.45. The van der Waals surface area contributed by atoms with Crippen molar-refractivity contribution in [2.24, 2.45) is 0 Å². The molecule has 0 spiro atoms. The number of rotatable bonds is 3. The normalized spacial score (nSPS) is 14.3. The molecule has 4 nitrogen and oxygen atoms in total. The predicted molar refractivity (Wildman–Crippen MR) is 53.9 cm³/mol. The second-order valence-corrected chi connectivity index (χ2v) is 3.89. The van der Waals surface area contributed by atoms with Crippen LogP contribution in [0, 0.1) is 4.77 Å². The Kier molecular flexibility index (Phi) is 2.41. The van der Waals surface area contributed by atoms with Crippen molar-refractivity contribution in [1.29, 1.82) is 0 Å². The maximum Gasteiger partial charge on any atom is 0.305 e. The smallest absolute Gasteiger partial charge is 0.305 e. The van der Waals surface area contributed by atoms with E-state index in [1.807, 2.05) is 4.57 Å². The lowest BCUT2D eigenvalue weighted by molar-refractivity contribution is -0.137. The van der Waals surface area contributed by atoms with Crippen LogP contribution >= 0.6 is 12.2 Å². The van der Waals surface area contributed by atoms with Crippen molar-refractivity contribution in [1.82, 2.24) is 9.55 Å². The highest BCUT2D eigenvalue weighted by Gasteiger charge is 2.17. The lowest BCUT2D eigenvalue weighted by atomic mass is 10.3. The van der Waals surface area contributed by atoms with Crippen LogP contribution in [0.4, 0.5) is 0 Å². The third-order valence-electron chi connectivity index (χ3n) is 2.57. The molecule has 1 aromatic heterocycles. The van der Waals surface area contributed by atoms with Gasteiger partial charge in [-0.15, -0.1) is 0 Å². The monoisotopic (exact) mass is 212 g/mol. The van der Waals surface area contributed by atoms with Crippen molar-refractivity contribution in [3.63, 3.8) is 0 Å². The van der Waals surface area contributed by atoms with Crippen molar-refractivity contribution < 1.29 is 9.90 Å². The summed E-state index contributed by atoms with van der Waals surface area (Å²) < 4.78 is 2.59. The second kappa shape index (κ2) is 3.57. The van der Waals surface area contributed by atoms with E-state index in [9.17, 15) is 4.79 Å². The molecule has 0 radical (unpaired) electrons. The SMILES string of the molecule is O=C(O)CCn1c2c([nH]c1=S)CCC2. The molecule has 0 aliphatic heterocycles. The summed E-state index contributed by atoms with van der Waals surface area (Å²) in [7, 11) is 0. The highest BCUT2D eigenvalue weighted by atomic mass is 32.1. The maximum atomic E-state index is 10.4. The lowest BCUT2D eigenvalue weighted by Gasteiger charge is -2.03. The topological polar surface area (TPSA) is 58.0 Å². The van der Waals surface area contributed by atoms with Gasteiger partial charge in [-0.05, 0) is 31.5 Å². The lowest BCUT2D eigenvalue weighted by Crippen LogP contribution is -2.07. The van der Waals surface area contributed by atoms with Gasteiger partial charge in [0, 0.05) is 17.9 Å². The Morgan fingerprint density at radius 2 is 2.36 bits per heavy atom. The zero-order valence-corrected chi connectivity index (χ0v) is 8.56. The van der Waals surface area contributed by atoms with Gasteiger partial charge in [-0.1, -0.05) is 0 Å². The van der Waals surface area contributed by atoms with E-state index >= 15 is 0 Å². The largest absolute Gasteiger partial charge is 0.481 e. The third kappa shape index (κ3) is 1.59. The Balaban J connectivity index is 2.24. The quantitative estimate of drug-likeness (QED) is 0.747. The molecular weight excluding hydrogens is 200 g/mol. The Labute approximate surface area is 86.6 Å². The number of nitrogens with one attached hydrogen (secondary N) is 1. The van der Waals surface area contributed by atoms with Crippen LogP contribution in [0.5, 0.6) is 0 Å². The molecule has 0 fully saturated rings. The highest BCUT2D eigenvalue weighted by Crippen LogP contribution is 2.21. The number of aromatic nitrogens is 2. The van der Waals surface area contributed by atoms with Crippen LogP contribution in [0.1, 0.15) is 24.2 Å². The Morgan fingerprint density at radius 3 is 3.07 bits per heavy atom. The molecule has 5 heteroatoms. The number of nitrogens with zero attached hydrogens (tertiary/aromatic N) is 1. The Bertz CT molecular complexity index is 419. The minimum atomic E-state index is -0.778. The minimum Gasteiger partial charge on any atom is -0.481 e. The van der Waals surface area contributed by atoms with E-state index in [1.54, 1.807) is 0 Å². The second-order valence-electron chi connectivity index (χ2n) is 3.50. The van der Waals surface area contributed by atoms with E-state index in [2.05, 4.69) is 4.98 Å². The van der Waals surface area contributed by atoms with Crippen molar-refractivity contribution in [3.8, 4) is 0 Å². The molecular formula is C9H12N2O2S. The van der Waals surface area contributed by atoms with Crippen LogP contribution in [0.2, 0.25) is 0 Å². The first-order valence-corrected chi connectivity index (χ1v) is 5.11. The van der Waals surface area contributed by atoms with E-state index in [1.165, 1.54) is 11.4 Å². The van der Waals surface area contributed by atoms with E-state index in [-0.39, 0.29) is 6.42 Å². The molecule has 0 unspecified atom stereocenters. The molecule has 76 valence electrons. The third-order valence-corrected chi connectivity index (χ3v) is 2.89. The predicted octanol–water partition coefficient (Wildman–Crippen LogP) is 1.51. The molecule has 1 aliphatic rings. The Morgan fingerprint density at radius 1 is 1.57 bits per heavy atom. The molecule has 1 aromatic rings. The number of aliphatic carboxylic acids is 1. The van der Waals surface area contributed by atoms with Crippen LogP contribution in [-0.2, 0) is 24.2 Å². The molecule has 0 amide bonds. The standard InChI is InChI=1S/C9H12N2O2S/c12-8(13)4-5-11-7-3-1-2-6(7)10-9(11)14/h1-5H2,(H,10,14)(H,12,13). The molecule has 2 rings (SSSR count). The summed E-state index contributed by atoms with van der Waals surface area (Å²) in [6.45, 7) is 0.486. The van der Waals surface area contributed by atoms with Gasteiger partial charge in [-0.3, -0.25) is 4.79 Å². The van der Waals surface area contributed by atoms with Crippen LogP contribution in [0.15, 0.2) is 0 Å². The number of fused-ring (bicyclic) bond motifs is 1. The van der Waals surface area contributed by atoms with Crippen molar-refractivity contribution in [2.75, 3.05) is 0 Å². The zero-order valence-electron chi connectivity index (χ0n) is 7.75. The minimum absolute atomic E-state index is 0.137. The summed E-state index contributed by atoms with van der Waals surface area (Å²) in [5.74, 6) is -0.778. The molecule has 14 heavy (non-hydrogen) atoms. The highest BCUT2D eigenvalue weighted by molar-refractivity contribution is 7.71. The molecule has 0 saturated heterocycles. The molecule has 0 atom stereocenters. The van der Waals surface area contributed by atoms with Gasteiger partial charge in [0.1, 0.15) is 0 Å². The summed E-state index contributed by atoms with van der Waals surface area (Å²) in [6, 6.07) is 0. The van der Waals surface area contributed by atoms with E-state index in [0.717, 1.165) is 19.3 Å². The fourth-order valence-corrected chi connectivity index (χ4v) is 2.25. The number of aromatic amines is 1. The number of imidazole rings is 1. The van der Waals surface area contributed by atoms with Gasteiger partial charge in [0.15, 0.2) is 4.77 Å². The average Bonchev–Trinajstić information content (AvgIpc) is 2.61. The van der Waals surface area contributed by atoms with Crippen molar-refractivity contribution >= 4 is 18.2 Å². The van der Waals surface area contributed by atoms with Gasteiger partial charge in [0.2, 0.25) is 0 Å². The van der Waals surface area contributed by atoms with Gasteiger partial charge in [0.05, 0.1) is 6.42 Å². The van der Waals surface area contributed by atoms with Gasteiger partial charge in [0.25, 0.3) is 0 Å². The average molecular weight is 212 g/mol. The van der Waals surface area contributed by atoms with Crippen LogP contribution < -0.4 is 0 Å². The number of aryl methyl sites for hydroxylation is 1. The van der Waals surface area contributed by atoms with E-state index in [0.29, 0.717) is 11.3 Å². The van der Waals surface area contributed by atoms with Crippen molar-refractivity contribution in [3.05, 3.63) is 16.2 Å². The summed E-state index contributed by atoms with van der Waals surface area (Å²) >= 11 is 5.13. The fraction of sp³-hybridized carbons (Fsp3) is 0.556. The van der Waals surface area contributed by atoms with Crippen molar-refractivity contribution in [2.45, 2.75) is 32.2 Å². The summed E-state index contributed by atoms with van der Waals surface area (Å²) in [5.41, 5.74) is 2.40. The molecule has 1 heterocycles. The number of hydrogen-bond donors (Lipinski definition) is 2. The summed E-state index contributed by atoms with van der Waals surface area (Å²) in [4.78, 5) is 13.6. The molecule has 1 aliphatic carbocycles. The number of carboxylic acid groups (broad SMARTS) is 1. The molecule has 0 bridgehead atoms. The maximum absolute atomic E-state index is 10.4. The van der Waals surface area contributed by atoms with Gasteiger partial charge in [-0.2, -0.15) is 0 Å². The Hall–Kier alpha value is -1.10. The molecule has 2 N–H and O–H groups in total. The van der Waals surface area contributed by atoms with Gasteiger partial charge in [-0.25, -0.2) is 0 Å². The molecule has 0 saturated carbocycles. The number of H-pyrrole nitrogens is 1. The van der Waals surface area contributed by atoms with E-state index < -0.39 is 5.97 Å². The summed E-state index contributed by atoms with van der Waals surface area (Å²) in [6.07, 6.45) is 3.34. The first-order chi connectivity index (χ1) is 6.68. The fourth-order valence-electron chi connectivity index (χ4n) is 1.92. The van der Waals surface area contributed by atoms with Gasteiger partial charge < -0.3 is 14.7 Å². The number of hydrogen-bond acceptors (Lipinski definition) is 2. The molecule has 0 aromatic carbocycles.